The molecule has 0 heterocycles. The van der Waals surface area contributed by atoms with Crippen LogP contribution in [0.15, 0.2) is 12.2 Å². The summed E-state index contributed by atoms with van der Waals surface area (Å²) >= 11 is 0. The first-order chi connectivity index (χ1) is 6.81. The molecule has 0 aromatic heterocycles. The Morgan fingerprint density at radius 3 is 2.40 bits per heavy atom. The Morgan fingerprint density at radius 1 is 1.53 bits per heavy atom. The van der Waals surface area contributed by atoms with Crippen molar-refractivity contribution in [2.45, 2.75) is 25.3 Å². The maximum atomic E-state index is 12.4. The molecule has 1 unspecified atom stereocenters. The Labute approximate surface area is 85.2 Å². The van der Waals surface area contributed by atoms with Gasteiger partial charge >= 0.3 is 12.3 Å². The van der Waals surface area contributed by atoms with E-state index in [0.29, 0.717) is 5.57 Å². The van der Waals surface area contributed by atoms with Gasteiger partial charge < -0.3 is 4.74 Å². The molecule has 0 aromatic carbocycles. The molecular weight excluding hydrogens is 216 g/mol. The molecule has 7 heteroatoms. The lowest BCUT2D eigenvalue weighted by Crippen LogP contribution is -2.41. The van der Waals surface area contributed by atoms with Crippen molar-refractivity contribution in [3.05, 3.63) is 12.2 Å². The second kappa shape index (κ2) is 6.04. The number of hydrogen-bond donors (Lipinski definition) is 2. The number of nitrogens with one attached hydrogen (secondary N) is 1. The first-order valence-corrected chi connectivity index (χ1v) is 4.16. The van der Waals surface area contributed by atoms with Crippen molar-refractivity contribution < 1.29 is 22.3 Å². The van der Waals surface area contributed by atoms with E-state index in [-0.39, 0.29) is 6.61 Å². The number of halogens is 4. The zero-order valence-electron chi connectivity index (χ0n) is 8.27. The second-order valence-corrected chi connectivity index (χ2v) is 3.14. The van der Waals surface area contributed by atoms with Crippen molar-refractivity contribution in [2.24, 2.45) is 5.84 Å². The van der Waals surface area contributed by atoms with Gasteiger partial charge in [-0.3, -0.25) is 11.3 Å². The van der Waals surface area contributed by atoms with Crippen LogP contribution in [0.4, 0.5) is 17.6 Å². The van der Waals surface area contributed by atoms with Crippen LogP contribution in [0.25, 0.3) is 0 Å². The molecule has 0 fully saturated rings. The molecule has 90 valence electrons. The minimum Gasteiger partial charge on any atom is -0.373 e. The van der Waals surface area contributed by atoms with E-state index in [1.165, 1.54) is 0 Å². The van der Waals surface area contributed by atoms with E-state index in [1.54, 1.807) is 6.92 Å². The molecule has 0 spiro atoms. The molecule has 1 atom stereocenters. The first-order valence-electron chi connectivity index (χ1n) is 4.16. The molecule has 0 radical (unpaired) electrons. The third kappa shape index (κ3) is 5.10. The number of ether oxygens (including phenoxy) is 1. The first kappa shape index (κ1) is 14.3. The maximum Gasteiger partial charge on any atom is 0.330 e. The lowest BCUT2D eigenvalue weighted by atomic mass is 10.2. The van der Waals surface area contributed by atoms with Gasteiger partial charge in [0.25, 0.3) is 0 Å². The number of hydrazine groups is 1. The van der Waals surface area contributed by atoms with Gasteiger partial charge in [-0.15, -0.1) is 0 Å². The normalized spacial score (nSPS) is 14.3. The molecule has 0 aliphatic heterocycles. The molecule has 0 saturated carbocycles. The standard InChI is InChI=1S/C8H14F4N2O/c1-5(2)6(14-13)3-15-4-8(11,12)7(9)10/h6-7,14H,1,3-4,13H2,2H3. The highest BCUT2D eigenvalue weighted by atomic mass is 19.3. The summed E-state index contributed by atoms with van der Waals surface area (Å²) in [7, 11) is 0. The van der Waals surface area contributed by atoms with Crippen LogP contribution in [0, 0.1) is 0 Å². The molecular formula is C8H14F4N2O. The van der Waals surface area contributed by atoms with Crippen LogP contribution < -0.4 is 11.3 Å². The van der Waals surface area contributed by atoms with E-state index in [2.05, 4.69) is 16.7 Å². The van der Waals surface area contributed by atoms with Gasteiger partial charge in [0, 0.05) is 0 Å². The minimum absolute atomic E-state index is 0.228. The number of alkyl halides is 4. The highest BCUT2D eigenvalue weighted by molar-refractivity contribution is 5.00. The van der Waals surface area contributed by atoms with Crippen molar-refractivity contribution in [2.75, 3.05) is 13.2 Å². The Hall–Kier alpha value is -0.660. The summed E-state index contributed by atoms with van der Waals surface area (Å²) in [6, 6.07) is -0.529. The summed E-state index contributed by atoms with van der Waals surface area (Å²) < 4.78 is 52.5. The third-order valence-corrected chi connectivity index (χ3v) is 1.69. The van der Waals surface area contributed by atoms with Gasteiger partial charge in [-0.2, -0.15) is 8.78 Å². The van der Waals surface area contributed by atoms with Gasteiger partial charge in [0.1, 0.15) is 6.61 Å². The predicted octanol–water partition coefficient (Wildman–Crippen LogP) is 1.31. The maximum absolute atomic E-state index is 12.4. The number of hydrogen-bond acceptors (Lipinski definition) is 3. The fraction of sp³-hybridized carbons (Fsp3) is 0.750. The summed E-state index contributed by atoms with van der Waals surface area (Å²) in [4.78, 5) is 0. The molecule has 3 nitrogen and oxygen atoms in total. The molecule has 0 aliphatic carbocycles. The van der Waals surface area contributed by atoms with Crippen LogP contribution in [0.5, 0.6) is 0 Å². The fourth-order valence-corrected chi connectivity index (χ4v) is 0.708. The molecule has 15 heavy (non-hydrogen) atoms. The molecule has 0 amide bonds. The van der Waals surface area contributed by atoms with Crippen LogP contribution in [-0.2, 0) is 4.74 Å². The highest BCUT2D eigenvalue weighted by Crippen LogP contribution is 2.22. The van der Waals surface area contributed by atoms with Crippen LogP contribution in [0.1, 0.15) is 6.92 Å². The molecule has 0 aromatic rings. The average Bonchev–Trinajstić information content (AvgIpc) is 2.11. The molecule has 0 rings (SSSR count). The summed E-state index contributed by atoms with van der Waals surface area (Å²) in [6.45, 7) is 3.56. The summed E-state index contributed by atoms with van der Waals surface area (Å²) in [5.41, 5.74) is 2.83. The Balaban J connectivity index is 3.92. The van der Waals surface area contributed by atoms with Crippen LogP contribution >= 0.6 is 0 Å². The van der Waals surface area contributed by atoms with Gasteiger partial charge in [0.2, 0.25) is 0 Å². The quantitative estimate of drug-likeness (QED) is 0.300. The fourth-order valence-electron chi connectivity index (χ4n) is 0.708. The Morgan fingerprint density at radius 2 is 2.07 bits per heavy atom. The lowest BCUT2D eigenvalue weighted by Gasteiger charge is -2.19. The van der Waals surface area contributed by atoms with Gasteiger partial charge in [-0.25, -0.2) is 8.78 Å². The average molecular weight is 230 g/mol. The zero-order chi connectivity index (χ0) is 12.1. The van der Waals surface area contributed by atoms with Crippen LogP contribution in [-0.4, -0.2) is 31.6 Å². The van der Waals surface area contributed by atoms with Crippen LogP contribution in [0.3, 0.4) is 0 Å². The van der Waals surface area contributed by atoms with E-state index in [4.69, 9.17) is 5.84 Å². The SMILES string of the molecule is C=C(C)C(COCC(F)(F)C(F)F)NN. The van der Waals surface area contributed by atoms with Crippen molar-refractivity contribution in [3.8, 4) is 0 Å². The molecule has 3 N–H and O–H groups in total. The van der Waals surface area contributed by atoms with Crippen molar-refractivity contribution >= 4 is 0 Å². The van der Waals surface area contributed by atoms with E-state index in [0.717, 1.165) is 0 Å². The Kier molecular flexibility index (Phi) is 5.77. The van der Waals surface area contributed by atoms with Gasteiger partial charge in [0.05, 0.1) is 12.6 Å². The highest BCUT2D eigenvalue weighted by Gasteiger charge is 2.41. The third-order valence-electron chi connectivity index (χ3n) is 1.69. The topological polar surface area (TPSA) is 47.3 Å². The summed E-state index contributed by atoms with van der Waals surface area (Å²) in [6.07, 6.45) is -3.73. The van der Waals surface area contributed by atoms with Gasteiger partial charge in [0.15, 0.2) is 0 Å². The predicted molar refractivity (Wildman–Crippen MR) is 47.7 cm³/mol. The second-order valence-electron chi connectivity index (χ2n) is 3.14. The smallest absolute Gasteiger partial charge is 0.330 e. The van der Waals surface area contributed by atoms with Gasteiger partial charge in [-0.1, -0.05) is 12.2 Å². The van der Waals surface area contributed by atoms with E-state index in [1.807, 2.05) is 0 Å². The summed E-state index contributed by atoms with van der Waals surface area (Å²) in [5.74, 6) is 0.926. The van der Waals surface area contributed by atoms with Crippen LogP contribution in [0.2, 0.25) is 0 Å². The number of nitrogens with two attached hydrogens (primary N) is 1. The van der Waals surface area contributed by atoms with Crippen molar-refractivity contribution in [1.82, 2.24) is 5.43 Å². The Bertz CT molecular complexity index is 211. The zero-order valence-corrected chi connectivity index (χ0v) is 8.27. The van der Waals surface area contributed by atoms with E-state index in [9.17, 15) is 17.6 Å². The van der Waals surface area contributed by atoms with Crippen molar-refractivity contribution in [1.29, 1.82) is 0 Å². The van der Waals surface area contributed by atoms with E-state index >= 15 is 0 Å². The number of rotatable bonds is 7. The van der Waals surface area contributed by atoms with Gasteiger partial charge in [-0.05, 0) is 6.92 Å². The van der Waals surface area contributed by atoms with E-state index < -0.39 is 25.0 Å². The molecule has 0 bridgehead atoms. The minimum atomic E-state index is -4.13. The molecule has 0 aliphatic rings. The van der Waals surface area contributed by atoms with Crippen molar-refractivity contribution in [3.63, 3.8) is 0 Å². The largest absolute Gasteiger partial charge is 0.373 e. The monoisotopic (exact) mass is 230 g/mol. The summed E-state index contributed by atoms with van der Waals surface area (Å²) in [5, 5.41) is 0. The lowest BCUT2D eigenvalue weighted by molar-refractivity contribution is -0.166. The molecule has 0 saturated heterocycles.